The number of piperidine rings is 1. The average molecular weight is 214 g/mol. The Kier molecular flexibility index (Phi) is 4.20. The fourth-order valence-electron chi connectivity index (χ4n) is 1.53. The van der Waals surface area contributed by atoms with Gasteiger partial charge in [-0.05, 0) is 18.8 Å². The third-order valence-corrected chi connectivity index (χ3v) is 2.62. The van der Waals surface area contributed by atoms with E-state index >= 15 is 0 Å². The second kappa shape index (κ2) is 5.43. The van der Waals surface area contributed by atoms with Gasteiger partial charge in [0.05, 0.1) is 6.54 Å². The molecule has 4 N–H and O–H groups in total. The summed E-state index contributed by atoms with van der Waals surface area (Å²) in [5.41, 5.74) is 5.24. The van der Waals surface area contributed by atoms with Crippen molar-refractivity contribution in [2.45, 2.75) is 19.8 Å². The highest BCUT2D eigenvalue weighted by Gasteiger charge is 2.19. The number of nitrogens with one attached hydrogen (secondary N) is 1. The number of hydrogen-bond acceptors (Lipinski definition) is 3. The minimum absolute atomic E-state index is 0.00808. The highest BCUT2D eigenvalue weighted by molar-refractivity contribution is 5.86. The lowest BCUT2D eigenvalue weighted by molar-refractivity contribution is 0.175. The van der Waals surface area contributed by atoms with Gasteiger partial charge in [0.2, 0.25) is 0 Å². The summed E-state index contributed by atoms with van der Waals surface area (Å²) >= 11 is 0. The maximum atomic E-state index is 11.5. The molecule has 0 bridgehead atoms. The van der Waals surface area contributed by atoms with Crippen LogP contribution in [0.15, 0.2) is 5.16 Å². The van der Waals surface area contributed by atoms with E-state index in [1.54, 1.807) is 4.90 Å². The molecular formula is C9H18N4O2. The van der Waals surface area contributed by atoms with Crippen molar-refractivity contribution in [2.75, 3.05) is 19.6 Å². The van der Waals surface area contributed by atoms with Gasteiger partial charge in [-0.1, -0.05) is 12.1 Å². The van der Waals surface area contributed by atoms with Gasteiger partial charge in [0.1, 0.15) is 0 Å². The molecule has 2 amide bonds. The van der Waals surface area contributed by atoms with Crippen molar-refractivity contribution in [2.24, 2.45) is 16.8 Å². The molecule has 1 rings (SSSR count). The number of nitrogens with two attached hydrogens (primary N) is 1. The number of carbonyl (C=O) groups excluding carboxylic acids is 1. The standard InChI is InChI=1S/C9H18N4O2/c1-7-2-4-13(5-3-7)9(14)11-6-8(10)12-15/h7,15H,2-6H2,1H3,(H2,10,12)(H,11,14). The zero-order chi connectivity index (χ0) is 11.3. The molecule has 1 fully saturated rings. The van der Waals surface area contributed by atoms with Crippen LogP contribution in [0.5, 0.6) is 0 Å². The number of hydrogen-bond donors (Lipinski definition) is 3. The predicted octanol–water partition coefficient (Wildman–Crippen LogP) is 0.174. The number of amidine groups is 1. The largest absolute Gasteiger partial charge is 0.409 e. The van der Waals surface area contributed by atoms with Gasteiger partial charge in [-0.15, -0.1) is 0 Å². The van der Waals surface area contributed by atoms with Gasteiger partial charge in [0.25, 0.3) is 0 Å². The van der Waals surface area contributed by atoms with Crippen molar-refractivity contribution in [3.05, 3.63) is 0 Å². The van der Waals surface area contributed by atoms with Gasteiger partial charge in [-0.2, -0.15) is 0 Å². The molecule has 1 aliphatic rings. The average Bonchev–Trinajstić information content (AvgIpc) is 2.26. The Bertz CT molecular complexity index is 246. The molecule has 6 heteroatoms. The summed E-state index contributed by atoms with van der Waals surface area (Å²) in [4.78, 5) is 13.3. The van der Waals surface area contributed by atoms with E-state index in [2.05, 4.69) is 17.4 Å². The number of nitrogens with zero attached hydrogens (tertiary/aromatic N) is 2. The quantitative estimate of drug-likeness (QED) is 0.265. The molecule has 0 spiro atoms. The van der Waals surface area contributed by atoms with Crippen molar-refractivity contribution in [1.82, 2.24) is 10.2 Å². The van der Waals surface area contributed by atoms with E-state index in [-0.39, 0.29) is 18.4 Å². The fourth-order valence-corrected chi connectivity index (χ4v) is 1.53. The highest BCUT2D eigenvalue weighted by atomic mass is 16.4. The van der Waals surface area contributed by atoms with Crippen LogP contribution >= 0.6 is 0 Å². The van der Waals surface area contributed by atoms with Crippen LogP contribution in [0.25, 0.3) is 0 Å². The smallest absolute Gasteiger partial charge is 0.317 e. The molecule has 0 aromatic heterocycles. The monoisotopic (exact) mass is 214 g/mol. The Morgan fingerprint density at radius 1 is 1.60 bits per heavy atom. The van der Waals surface area contributed by atoms with Crippen LogP contribution < -0.4 is 11.1 Å². The van der Waals surface area contributed by atoms with E-state index in [9.17, 15) is 4.79 Å². The maximum Gasteiger partial charge on any atom is 0.317 e. The second-order valence-corrected chi connectivity index (χ2v) is 3.92. The molecular weight excluding hydrogens is 196 g/mol. The molecule has 0 aliphatic carbocycles. The zero-order valence-corrected chi connectivity index (χ0v) is 8.94. The lowest BCUT2D eigenvalue weighted by Gasteiger charge is -2.30. The molecule has 0 unspecified atom stereocenters. The lowest BCUT2D eigenvalue weighted by Crippen LogP contribution is -2.46. The number of amides is 2. The molecule has 1 aliphatic heterocycles. The first-order valence-corrected chi connectivity index (χ1v) is 5.12. The lowest BCUT2D eigenvalue weighted by atomic mass is 10.00. The van der Waals surface area contributed by atoms with Crippen molar-refractivity contribution >= 4 is 11.9 Å². The molecule has 0 aromatic rings. The van der Waals surface area contributed by atoms with E-state index < -0.39 is 0 Å². The molecule has 0 radical (unpaired) electrons. The summed E-state index contributed by atoms with van der Waals surface area (Å²) < 4.78 is 0. The number of carbonyl (C=O) groups is 1. The van der Waals surface area contributed by atoms with E-state index in [0.717, 1.165) is 25.9 Å². The Morgan fingerprint density at radius 2 is 2.20 bits per heavy atom. The van der Waals surface area contributed by atoms with Gasteiger partial charge in [0, 0.05) is 13.1 Å². The fraction of sp³-hybridized carbons (Fsp3) is 0.778. The summed E-state index contributed by atoms with van der Waals surface area (Å²) in [7, 11) is 0. The van der Waals surface area contributed by atoms with Crippen LogP contribution in [0.1, 0.15) is 19.8 Å². The third-order valence-electron chi connectivity index (χ3n) is 2.62. The van der Waals surface area contributed by atoms with Crippen LogP contribution in [0, 0.1) is 5.92 Å². The first-order chi connectivity index (χ1) is 7.13. The van der Waals surface area contributed by atoms with Crippen molar-refractivity contribution in [1.29, 1.82) is 0 Å². The highest BCUT2D eigenvalue weighted by Crippen LogP contribution is 2.15. The van der Waals surface area contributed by atoms with E-state index in [0.29, 0.717) is 5.92 Å². The van der Waals surface area contributed by atoms with Crippen LogP contribution in [-0.2, 0) is 0 Å². The molecule has 1 heterocycles. The first-order valence-electron chi connectivity index (χ1n) is 5.12. The van der Waals surface area contributed by atoms with Crippen LogP contribution in [0.4, 0.5) is 4.79 Å². The molecule has 0 atom stereocenters. The second-order valence-electron chi connectivity index (χ2n) is 3.92. The summed E-state index contributed by atoms with van der Waals surface area (Å²) in [5.74, 6) is 0.701. The Morgan fingerprint density at radius 3 is 2.73 bits per heavy atom. The first kappa shape index (κ1) is 11.6. The number of urea groups is 1. The van der Waals surface area contributed by atoms with Crippen molar-refractivity contribution in [3.8, 4) is 0 Å². The molecule has 0 saturated carbocycles. The van der Waals surface area contributed by atoms with Gasteiger partial charge < -0.3 is 21.2 Å². The predicted molar refractivity (Wildman–Crippen MR) is 56.8 cm³/mol. The van der Waals surface area contributed by atoms with E-state index in [1.165, 1.54) is 0 Å². The van der Waals surface area contributed by atoms with Gasteiger partial charge >= 0.3 is 6.03 Å². The number of rotatable bonds is 2. The topological polar surface area (TPSA) is 91.0 Å². The van der Waals surface area contributed by atoms with Gasteiger partial charge in [-0.3, -0.25) is 0 Å². The zero-order valence-electron chi connectivity index (χ0n) is 8.94. The van der Waals surface area contributed by atoms with Crippen LogP contribution in [-0.4, -0.2) is 41.6 Å². The van der Waals surface area contributed by atoms with E-state index in [4.69, 9.17) is 10.9 Å². The summed E-state index contributed by atoms with van der Waals surface area (Å²) in [6.45, 7) is 3.83. The van der Waals surface area contributed by atoms with Crippen molar-refractivity contribution < 1.29 is 10.0 Å². The van der Waals surface area contributed by atoms with Crippen LogP contribution in [0.3, 0.4) is 0 Å². The maximum absolute atomic E-state index is 11.5. The van der Waals surface area contributed by atoms with E-state index in [1.807, 2.05) is 0 Å². The molecule has 1 saturated heterocycles. The molecule has 0 aromatic carbocycles. The summed E-state index contributed by atoms with van der Waals surface area (Å²) in [5, 5.41) is 13.7. The van der Waals surface area contributed by atoms with Crippen LogP contribution in [0.2, 0.25) is 0 Å². The van der Waals surface area contributed by atoms with Gasteiger partial charge in [-0.25, -0.2) is 4.79 Å². The Balaban J connectivity index is 2.28. The summed E-state index contributed by atoms with van der Waals surface area (Å²) in [6.07, 6.45) is 2.08. The third kappa shape index (κ3) is 3.65. The SMILES string of the molecule is CC1CCN(C(=O)NCC(N)=NO)CC1. The minimum atomic E-state index is -0.145. The molecule has 15 heavy (non-hydrogen) atoms. The van der Waals surface area contributed by atoms with Gasteiger partial charge in [0.15, 0.2) is 5.84 Å². The summed E-state index contributed by atoms with van der Waals surface area (Å²) in [6, 6.07) is -0.145. The molecule has 6 nitrogen and oxygen atoms in total. The number of oxime groups is 1. The Hall–Kier alpha value is -1.46. The molecule has 86 valence electrons. The van der Waals surface area contributed by atoms with Crippen molar-refractivity contribution in [3.63, 3.8) is 0 Å². The Labute approximate surface area is 89.1 Å². The number of likely N-dealkylation sites (tertiary alicyclic amines) is 1. The normalized spacial score (nSPS) is 19.0. The minimum Gasteiger partial charge on any atom is -0.409 e.